The van der Waals surface area contributed by atoms with Crippen molar-refractivity contribution in [2.45, 2.75) is 62.8 Å². The van der Waals surface area contributed by atoms with Crippen LogP contribution in [0.25, 0.3) is 10.8 Å². The van der Waals surface area contributed by atoms with Crippen molar-refractivity contribution in [2.75, 3.05) is 6.54 Å². The average molecular weight is 507 g/mol. The minimum Gasteiger partial charge on any atom is -0.346 e. The molecule has 1 aliphatic carbocycles. The Kier molecular flexibility index (Phi) is 8.54. The van der Waals surface area contributed by atoms with E-state index >= 15 is 0 Å². The van der Waals surface area contributed by atoms with Gasteiger partial charge in [-0.15, -0.1) is 0 Å². The second-order valence-corrected chi connectivity index (χ2v) is 11.2. The third-order valence-corrected chi connectivity index (χ3v) is 8.53. The Morgan fingerprint density at radius 3 is 2.31 bits per heavy atom. The molecule has 0 aromatic heterocycles. The van der Waals surface area contributed by atoms with Crippen LogP contribution in [0, 0.1) is 5.92 Å². The van der Waals surface area contributed by atoms with E-state index in [1.807, 2.05) is 42.5 Å². The highest BCUT2D eigenvalue weighted by Crippen LogP contribution is 2.27. The van der Waals surface area contributed by atoms with Gasteiger partial charge in [0.25, 0.3) is 0 Å². The fourth-order valence-corrected chi connectivity index (χ4v) is 6.32. The molecule has 0 aliphatic heterocycles. The van der Waals surface area contributed by atoms with Crippen LogP contribution in [0.3, 0.4) is 0 Å². The Morgan fingerprint density at radius 1 is 0.889 bits per heavy atom. The fourth-order valence-electron chi connectivity index (χ4n) is 5.06. The summed E-state index contributed by atoms with van der Waals surface area (Å²) in [6.45, 7) is 2.03. The van der Waals surface area contributed by atoms with Crippen molar-refractivity contribution < 1.29 is 18.0 Å². The van der Waals surface area contributed by atoms with Crippen molar-refractivity contribution in [3.63, 3.8) is 0 Å². The molecule has 1 atom stereocenters. The van der Waals surface area contributed by atoms with Gasteiger partial charge in [0.1, 0.15) is 0 Å². The van der Waals surface area contributed by atoms with Gasteiger partial charge >= 0.3 is 0 Å². The van der Waals surface area contributed by atoms with Gasteiger partial charge in [-0.05, 0) is 41.8 Å². The van der Waals surface area contributed by atoms with E-state index in [0.717, 1.165) is 48.6 Å². The minimum atomic E-state index is -3.66. The zero-order chi connectivity index (χ0) is 25.5. The molecule has 3 aromatic rings. The normalized spacial score (nSPS) is 15.5. The van der Waals surface area contributed by atoms with Crippen molar-refractivity contribution in [1.29, 1.82) is 0 Å². The van der Waals surface area contributed by atoms with Crippen LogP contribution in [-0.2, 0) is 32.5 Å². The summed E-state index contributed by atoms with van der Waals surface area (Å²) in [5.41, 5.74) is 1.73. The van der Waals surface area contributed by atoms with Crippen LogP contribution in [0.4, 0.5) is 0 Å². The summed E-state index contributed by atoms with van der Waals surface area (Å²) >= 11 is 0. The highest BCUT2D eigenvalue weighted by Gasteiger charge is 2.27. The molecule has 1 aliphatic rings. The second kappa shape index (κ2) is 11.8. The number of Topliss-reactive ketones (excluding diaryl/α,β-unsaturated/α-hetero) is 1. The van der Waals surface area contributed by atoms with E-state index < -0.39 is 16.1 Å². The minimum absolute atomic E-state index is 0.0405. The van der Waals surface area contributed by atoms with Gasteiger partial charge in [-0.25, -0.2) is 13.1 Å². The second-order valence-electron chi connectivity index (χ2n) is 9.50. The van der Waals surface area contributed by atoms with E-state index in [2.05, 4.69) is 10.0 Å². The first kappa shape index (κ1) is 26.0. The van der Waals surface area contributed by atoms with Crippen molar-refractivity contribution in [1.82, 2.24) is 10.0 Å². The first-order valence-corrected chi connectivity index (χ1v) is 14.2. The third kappa shape index (κ3) is 6.20. The molecule has 0 bridgehead atoms. The summed E-state index contributed by atoms with van der Waals surface area (Å²) in [4.78, 5) is 26.9. The number of hydrogen-bond donors (Lipinski definition) is 2. The Hall–Kier alpha value is -3.03. The number of nitrogens with one attached hydrogen (secondary N) is 2. The lowest BCUT2D eigenvalue weighted by Crippen LogP contribution is -2.46. The maximum absolute atomic E-state index is 13.6. The number of ketones is 1. The molecule has 190 valence electrons. The molecule has 0 saturated heterocycles. The van der Waals surface area contributed by atoms with Gasteiger partial charge < -0.3 is 5.32 Å². The van der Waals surface area contributed by atoms with Gasteiger partial charge in [0.15, 0.2) is 5.78 Å². The first-order valence-electron chi connectivity index (χ1n) is 12.8. The Labute approximate surface area is 213 Å². The van der Waals surface area contributed by atoms with E-state index in [4.69, 9.17) is 0 Å². The number of sulfonamides is 1. The van der Waals surface area contributed by atoms with Crippen molar-refractivity contribution in [3.05, 3.63) is 77.9 Å². The van der Waals surface area contributed by atoms with Crippen LogP contribution >= 0.6 is 0 Å². The number of amides is 1. The van der Waals surface area contributed by atoms with Crippen molar-refractivity contribution >= 4 is 32.5 Å². The number of benzene rings is 3. The maximum atomic E-state index is 13.6. The standard InChI is InChI=1S/C29H34N2O4S/c1-2-30-36(34,35)28-18-10-16-24-23(15-9-17-25(24)28)20-27(32)26(19-21-11-5-3-6-12-21)31-29(33)22-13-7-4-8-14-22/h3,5-6,9-12,15-18,22,26,30H,2,4,7-8,13-14,19-20H2,1H3,(H,31,33)/t26-/m0/s1. The highest BCUT2D eigenvalue weighted by atomic mass is 32.2. The molecule has 0 radical (unpaired) electrons. The fraction of sp³-hybridized carbons (Fsp3) is 0.379. The molecule has 1 saturated carbocycles. The Balaban J connectivity index is 1.61. The molecule has 1 amide bonds. The molecular weight excluding hydrogens is 472 g/mol. The quantitative estimate of drug-likeness (QED) is 0.422. The number of carbonyl (C=O) groups excluding carboxylic acids is 2. The number of rotatable bonds is 10. The first-order chi connectivity index (χ1) is 17.4. The molecule has 2 N–H and O–H groups in total. The van der Waals surface area contributed by atoms with Crippen LogP contribution < -0.4 is 10.0 Å². The third-order valence-electron chi connectivity index (χ3n) is 6.92. The number of fused-ring (bicyclic) bond motifs is 1. The SMILES string of the molecule is CCNS(=O)(=O)c1cccc2c(CC(=O)[C@H](Cc3ccccc3)NC(=O)C3CCCCC3)cccc12. The van der Waals surface area contributed by atoms with Gasteiger partial charge in [-0.1, -0.05) is 86.8 Å². The van der Waals surface area contributed by atoms with Crippen LogP contribution in [0.2, 0.25) is 0 Å². The van der Waals surface area contributed by atoms with E-state index in [-0.39, 0.29) is 28.9 Å². The van der Waals surface area contributed by atoms with Gasteiger partial charge in [0.05, 0.1) is 10.9 Å². The summed E-state index contributed by atoms with van der Waals surface area (Å²) in [7, 11) is -3.66. The summed E-state index contributed by atoms with van der Waals surface area (Å²) in [6, 6.07) is 19.6. The number of carbonyl (C=O) groups is 2. The zero-order valence-corrected chi connectivity index (χ0v) is 21.5. The van der Waals surface area contributed by atoms with Gasteiger partial charge in [-0.3, -0.25) is 9.59 Å². The van der Waals surface area contributed by atoms with E-state index in [1.54, 1.807) is 31.2 Å². The molecular formula is C29H34N2O4S. The summed E-state index contributed by atoms with van der Waals surface area (Å²) in [5.74, 6) is -0.169. The molecule has 7 heteroatoms. The van der Waals surface area contributed by atoms with E-state index in [0.29, 0.717) is 18.4 Å². The molecule has 4 rings (SSSR count). The van der Waals surface area contributed by atoms with Crippen LogP contribution in [0.5, 0.6) is 0 Å². The topological polar surface area (TPSA) is 92.3 Å². The van der Waals surface area contributed by atoms with Crippen molar-refractivity contribution in [3.8, 4) is 0 Å². The average Bonchev–Trinajstić information content (AvgIpc) is 2.89. The monoisotopic (exact) mass is 506 g/mol. The lowest BCUT2D eigenvalue weighted by molar-refractivity contribution is -0.130. The van der Waals surface area contributed by atoms with Gasteiger partial charge in [0.2, 0.25) is 15.9 Å². The molecule has 6 nitrogen and oxygen atoms in total. The molecule has 3 aromatic carbocycles. The van der Waals surface area contributed by atoms with E-state index in [1.165, 1.54) is 0 Å². The summed E-state index contributed by atoms with van der Waals surface area (Å²) < 4.78 is 28.0. The number of hydrogen-bond acceptors (Lipinski definition) is 4. The Bertz CT molecular complexity index is 1320. The summed E-state index contributed by atoms with van der Waals surface area (Å²) in [6.07, 6.45) is 5.50. The lowest BCUT2D eigenvalue weighted by Gasteiger charge is -2.25. The predicted octanol–water partition coefficient (Wildman–Crippen LogP) is 4.56. The molecule has 0 unspecified atom stereocenters. The van der Waals surface area contributed by atoms with Crippen molar-refractivity contribution in [2.24, 2.45) is 5.92 Å². The largest absolute Gasteiger partial charge is 0.346 e. The lowest BCUT2D eigenvalue weighted by atomic mass is 9.88. The molecule has 36 heavy (non-hydrogen) atoms. The maximum Gasteiger partial charge on any atom is 0.241 e. The van der Waals surface area contributed by atoms with Gasteiger partial charge in [0, 0.05) is 24.3 Å². The highest BCUT2D eigenvalue weighted by molar-refractivity contribution is 7.89. The van der Waals surface area contributed by atoms with Crippen LogP contribution in [0.15, 0.2) is 71.6 Å². The molecule has 1 fully saturated rings. The van der Waals surface area contributed by atoms with Gasteiger partial charge in [-0.2, -0.15) is 0 Å². The molecule has 0 heterocycles. The summed E-state index contributed by atoms with van der Waals surface area (Å²) in [5, 5.41) is 4.36. The van der Waals surface area contributed by atoms with E-state index in [9.17, 15) is 18.0 Å². The van der Waals surface area contributed by atoms with Crippen LogP contribution in [-0.4, -0.2) is 32.7 Å². The predicted molar refractivity (Wildman–Crippen MR) is 142 cm³/mol. The zero-order valence-electron chi connectivity index (χ0n) is 20.7. The van der Waals surface area contributed by atoms with Crippen LogP contribution in [0.1, 0.15) is 50.2 Å². The Morgan fingerprint density at radius 2 is 1.58 bits per heavy atom. The molecule has 0 spiro atoms. The smallest absolute Gasteiger partial charge is 0.241 e.